The minimum Gasteiger partial charge on any atom is -0.392 e. The van der Waals surface area contributed by atoms with Crippen LogP contribution < -0.4 is 10.6 Å². The molecule has 0 aliphatic rings. The first-order chi connectivity index (χ1) is 7.96. The Labute approximate surface area is 103 Å². The summed E-state index contributed by atoms with van der Waals surface area (Å²) in [6, 6.07) is 3.80. The van der Waals surface area contributed by atoms with Gasteiger partial charge < -0.3 is 15.7 Å². The third-order valence-corrected chi connectivity index (χ3v) is 2.51. The Morgan fingerprint density at radius 2 is 2.00 bits per heavy atom. The van der Waals surface area contributed by atoms with Gasteiger partial charge in [0.15, 0.2) is 0 Å². The summed E-state index contributed by atoms with van der Waals surface area (Å²) in [6.07, 6.45) is 0.822. The molecular formula is C13H23N3O. The molecule has 0 bridgehead atoms. The lowest BCUT2D eigenvalue weighted by atomic mass is 10.1. The van der Waals surface area contributed by atoms with Crippen molar-refractivity contribution >= 4 is 5.82 Å². The molecule has 1 aromatic rings. The van der Waals surface area contributed by atoms with E-state index in [0.29, 0.717) is 0 Å². The van der Waals surface area contributed by atoms with Crippen molar-refractivity contribution < 1.29 is 5.11 Å². The predicted octanol–water partition coefficient (Wildman–Crippen LogP) is 1.55. The molecule has 17 heavy (non-hydrogen) atoms. The van der Waals surface area contributed by atoms with Gasteiger partial charge in [-0.05, 0) is 32.4 Å². The Kier molecular flexibility index (Phi) is 4.90. The van der Waals surface area contributed by atoms with Gasteiger partial charge in [0.05, 0.1) is 6.61 Å². The van der Waals surface area contributed by atoms with E-state index in [2.05, 4.69) is 36.4 Å². The van der Waals surface area contributed by atoms with E-state index >= 15 is 0 Å². The van der Waals surface area contributed by atoms with E-state index in [9.17, 15) is 5.11 Å². The van der Waals surface area contributed by atoms with Crippen molar-refractivity contribution in [2.75, 3.05) is 18.9 Å². The Balaban J connectivity index is 2.68. The van der Waals surface area contributed by atoms with Gasteiger partial charge >= 0.3 is 0 Å². The number of hydrogen-bond acceptors (Lipinski definition) is 4. The number of anilines is 1. The zero-order valence-electron chi connectivity index (χ0n) is 11.2. The zero-order valence-corrected chi connectivity index (χ0v) is 11.2. The SMILES string of the molecule is CNc1ccc(CO)c(CCNC(C)(C)C)n1. The van der Waals surface area contributed by atoms with Crippen LogP contribution in [0, 0.1) is 0 Å². The van der Waals surface area contributed by atoms with E-state index in [1.165, 1.54) is 0 Å². The first-order valence-electron chi connectivity index (χ1n) is 5.98. The molecule has 0 fully saturated rings. The molecule has 0 atom stereocenters. The number of nitrogens with zero attached hydrogens (tertiary/aromatic N) is 1. The molecule has 96 valence electrons. The van der Waals surface area contributed by atoms with E-state index in [-0.39, 0.29) is 12.1 Å². The fraction of sp³-hybridized carbons (Fsp3) is 0.615. The van der Waals surface area contributed by atoms with E-state index in [1.807, 2.05) is 19.2 Å². The van der Waals surface area contributed by atoms with E-state index in [4.69, 9.17) is 0 Å². The molecule has 1 heterocycles. The first-order valence-corrected chi connectivity index (χ1v) is 5.98. The minimum atomic E-state index is 0.0435. The van der Waals surface area contributed by atoms with E-state index < -0.39 is 0 Å². The zero-order chi connectivity index (χ0) is 12.9. The summed E-state index contributed by atoms with van der Waals surface area (Å²) in [7, 11) is 1.85. The highest BCUT2D eigenvalue weighted by Crippen LogP contribution is 2.12. The second kappa shape index (κ2) is 5.98. The highest BCUT2D eigenvalue weighted by atomic mass is 16.3. The molecule has 0 saturated carbocycles. The maximum absolute atomic E-state index is 9.26. The Bertz CT molecular complexity index is 358. The molecule has 0 radical (unpaired) electrons. The van der Waals surface area contributed by atoms with Crippen molar-refractivity contribution in [1.82, 2.24) is 10.3 Å². The quantitative estimate of drug-likeness (QED) is 0.727. The summed E-state index contributed by atoms with van der Waals surface area (Å²) in [5.74, 6) is 0.841. The van der Waals surface area contributed by atoms with Crippen LogP contribution >= 0.6 is 0 Å². The average molecular weight is 237 g/mol. The largest absolute Gasteiger partial charge is 0.392 e. The second-order valence-electron chi connectivity index (χ2n) is 5.14. The van der Waals surface area contributed by atoms with Crippen LogP contribution in [0.15, 0.2) is 12.1 Å². The van der Waals surface area contributed by atoms with E-state index in [1.54, 1.807) is 0 Å². The molecule has 0 aromatic carbocycles. The lowest BCUT2D eigenvalue weighted by Gasteiger charge is -2.20. The lowest BCUT2D eigenvalue weighted by molar-refractivity contribution is 0.280. The topological polar surface area (TPSA) is 57.2 Å². The fourth-order valence-electron chi connectivity index (χ4n) is 1.59. The van der Waals surface area contributed by atoms with Crippen LogP contribution in [0.1, 0.15) is 32.0 Å². The summed E-state index contributed by atoms with van der Waals surface area (Å²) in [4.78, 5) is 4.47. The third-order valence-electron chi connectivity index (χ3n) is 2.51. The van der Waals surface area contributed by atoms with Crippen molar-refractivity contribution in [3.63, 3.8) is 0 Å². The van der Waals surface area contributed by atoms with E-state index in [0.717, 1.165) is 30.0 Å². The number of pyridine rings is 1. The Morgan fingerprint density at radius 3 is 2.53 bits per heavy atom. The number of nitrogens with one attached hydrogen (secondary N) is 2. The molecule has 0 amide bonds. The standard InChI is InChI=1S/C13H23N3O/c1-13(2,3)15-8-7-11-10(9-17)5-6-12(14-4)16-11/h5-6,15,17H,7-9H2,1-4H3,(H,14,16). The Morgan fingerprint density at radius 1 is 1.29 bits per heavy atom. The van der Waals surface area contributed by atoms with Gasteiger partial charge in [-0.2, -0.15) is 0 Å². The molecule has 0 spiro atoms. The second-order valence-corrected chi connectivity index (χ2v) is 5.14. The van der Waals surface area contributed by atoms with Gasteiger partial charge in [0.1, 0.15) is 5.82 Å². The Hall–Kier alpha value is -1.13. The van der Waals surface area contributed by atoms with Gasteiger partial charge in [-0.1, -0.05) is 6.07 Å². The monoisotopic (exact) mass is 237 g/mol. The summed E-state index contributed by atoms with van der Waals surface area (Å²) >= 11 is 0. The molecule has 4 nitrogen and oxygen atoms in total. The van der Waals surface area contributed by atoms with Crippen LogP contribution in [0.4, 0.5) is 5.82 Å². The number of hydrogen-bond donors (Lipinski definition) is 3. The average Bonchev–Trinajstić information content (AvgIpc) is 2.27. The molecule has 0 unspecified atom stereocenters. The maximum Gasteiger partial charge on any atom is 0.125 e. The highest BCUT2D eigenvalue weighted by Gasteiger charge is 2.10. The summed E-state index contributed by atoms with van der Waals surface area (Å²) in [5, 5.41) is 15.7. The third kappa shape index (κ3) is 4.71. The van der Waals surface area contributed by atoms with Crippen LogP contribution in [0.3, 0.4) is 0 Å². The van der Waals surface area contributed by atoms with Crippen molar-refractivity contribution in [3.05, 3.63) is 23.4 Å². The fourth-order valence-corrected chi connectivity index (χ4v) is 1.59. The van der Waals surface area contributed by atoms with Gasteiger partial charge in [0.25, 0.3) is 0 Å². The summed E-state index contributed by atoms with van der Waals surface area (Å²) in [6.45, 7) is 7.31. The number of aliphatic hydroxyl groups is 1. The number of rotatable bonds is 5. The van der Waals surface area contributed by atoms with Gasteiger partial charge in [0, 0.05) is 31.2 Å². The van der Waals surface area contributed by atoms with Gasteiger partial charge in [-0.15, -0.1) is 0 Å². The molecule has 4 heteroatoms. The normalized spacial score (nSPS) is 11.6. The van der Waals surface area contributed by atoms with Crippen LogP contribution in [0.5, 0.6) is 0 Å². The van der Waals surface area contributed by atoms with Crippen LogP contribution in [-0.4, -0.2) is 29.2 Å². The molecule has 1 aromatic heterocycles. The summed E-state index contributed by atoms with van der Waals surface area (Å²) < 4.78 is 0. The van der Waals surface area contributed by atoms with Crippen LogP contribution in [-0.2, 0) is 13.0 Å². The van der Waals surface area contributed by atoms with Gasteiger partial charge in [-0.3, -0.25) is 0 Å². The summed E-state index contributed by atoms with van der Waals surface area (Å²) in [5.41, 5.74) is 1.97. The van der Waals surface area contributed by atoms with Crippen molar-refractivity contribution in [3.8, 4) is 0 Å². The van der Waals surface area contributed by atoms with Crippen molar-refractivity contribution in [2.45, 2.75) is 39.3 Å². The molecular weight excluding hydrogens is 214 g/mol. The smallest absolute Gasteiger partial charge is 0.125 e. The molecule has 3 N–H and O–H groups in total. The number of aliphatic hydroxyl groups excluding tert-OH is 1. The molecule has 1 rings (SSSR count). The minimum absolute atomic E-state index is 0.0435. The molecule has 0 aliphatic carbocycles. The first kappa shape index (κ1) is 13.9. The number of aromatic nitrogens is 1. The van der Waals surface area contributed by atoms with Crippen molar-refractivity contribution in [2.24, 2.45) is 0 Å². The van der Waals surface area contributed by atoms with Crippen LogP contribution in [0.25, 0.3) is 0 Å². The van der Waals surface area contributed by atoms with Crippen molar-refractivity contribution in [1.29, 1.82) is 0 Å². The van der Waals surface area contributed by atoms with Crippen LogP contribution in [0.2, 0.25) is 0 Å². The maximum atomic E-state index is 9.26. The highest BCUT2D eigenvalue weighted by molar-refractivity contribution is 5.38. The van der Waals surface area contributed by atoms with Gasteiger partial charge in [-0.25, -0.2) is 4.98 Å². The van der Waals surface area contributed by atoms with Gasteiger partial charge in [0.2, 0.25) is 0 Å². The molecule has 0 saturated heterocycles. The predicted molar refractivity (Wildman–Crippen MR) is 71.2 cm³/mol. The molecule has 0 aliphatic heterocycles. The lowest BCUT2D eigenvalue weighted by Crippen LogP contribution is -2.37.